The number of nitrogens with one attached hydrogen (secondary N) is 2. The van der Waals surface area contributed by atoms with Gasteiger partial charge in [-0.2, -0.15) is 0 Å². The van der Waals surface area contributed by atoms with Crippen LogP contribution in [0.2, 0.25) is 0 Å². The molecule has 0 radical (unpaired) electrons. The van der Waals surface area contributed by atoms with Crippen molar-refractivity contribution in [3.8, 4) is 0 Å². The number of guanidine groups is 1. The molecule has 25 heavy (non-hydrogen) atoms. The Morgan fingerprint density at radius 3 is 2.80 bits per heavy atom. The summed E-state index contributed by atoms with van der Waals surface area (Å²) in [6, 6.07) is 3.44. The number of hydrogen-bond acceptors (Lipinski definition) is 3. The van der Waals surface area contributed by atoms with Gasteiger partial charge in [0.1, 0.15) is 11.6 Å². The fourth-order valence-corrected chi connectivity index (χ4v) is 2.83. The molecule has 7 heteroatoms. The molecule has 0 amide bonds. The molecule has 1 aromatic rings. The molecule has 5 nitrogen and oxygen atoms in total. The minimum Gasteiger partial charge on any atom is -0.357 e. The molecule has 1 aliphatic rings. The Labute approximate surface area is 149 Å². The Bertz CT molecular complexity index is 564. The third kappa shape index (κ3) is 6.96. The van der Waals surface area contributed by atoms with Gasteiger partial charge in [0.25, 0.3) is 0 Å². The van der Waals surface area contributed by atoms with Gasteiger partial charge in [0.05, 0.1) is 6.54 Å². The second kappa shape index (κ2) is 10.3. The van der Waals surface area contributed by atoms with E-state index in [1.807, 2.05) is 6.92 Å². The van der Waals surface area contributed by atoms with Crippen LogP contribution in [0.15, 0.2) is 23.2 Å². The molecule has 0 saturated carbocycles. The summed E-state index contributed by atoms with van der Waals surface area (Å²) in [4.78, 5) is 9.15. The topological polar surface area (TPSA) is 42.9 Å². The quantitative estimate of drug-likeness (QED) is 0.603. The van der Waals surface area contributed by atoms with E-state index in [9.17, 15) is 8.78 Å². The summed E-state index contributed by atoms with van der Waals surface area (Å²) in [6.45, 7) is 8.91. The molecule has 140 valence electrons. The first-order valence-corrected chi connectivity index (χ1v) is 8.95. The zero-order valence-corrected chi connectivity index (χ0v) is 15.2. The van der Waals surface area contributed by atoms with Gasteiger partial charge in [-0.25, -0.2) is 13.8 Å². The van der Waals surface area contributed by atoms with Crippen LogP contribution < -0.4 is 10.6 Å². The van der Waals surface area contributed by atoms with Crippen LogP contribution in [0, 0.1) is 11.6 Å². The highest BCUT2D eigenvalue weighted by molar-refractivity contribution is 5.79. The predicted octanol–water partition coefficient (Wildman–Crippen LogP) is 1.66. The Balaban J connectivity index is 1.84. The Morgan fingerprint density at radius 2 is 2.00 bits per heavy atom. The number of nitrogens with zero attached hydrogens (tertiary/aromatic N) is 3. The minimum atomic E-state index is -0.448. The van der Waals surface area contributed by atoms with Crippen molar-refractivity contribution in [2.24, 2.45) is 4.99 Å². The first-order valence-electron chi connectivity index (χ1n) is 8.95. The van der Waals surface area contributed by atoms with Gasteiger partial charge in [0.2, 0.25) is 0 Å². The van der Waals surface area contributed by atoms with Gasteiger partial charge in [-0.3, -0.25) is 0 Å². The SMILES string of the molecule is CCNC(=NCc1cc(F)ccc1F)NCCN1CCCN(C)CC1. The molecule has 0 aliphatic carbocycles. The molecule has 0 unspecified atom stereocenters. The zero-order chi connectivity index (χ0) is 18.1. The standard InChI is InChI=1S/C18H29F2N5/c1-3-21-18(23-14-15-13-16(19)5-6-17(15)20)22-7-10-25-9-4-8-24(2)11-12-25/h5-6,13H,3-4,7-12,14H2,1-2H3,(H2,21,22,23). The van der Waals surface area contributed by atoms with Crippen LogP contribution in [-0.2, 0) is 6.54 Å². The van der Waals surface area contributed by atoms with Gasteiger partial charge in [0.15, 0.2) is 5.96 Å². The van der Waals surface area contributed by atoms with Crippen LogP contribution in [0.5, 0.6) is 0 Å². The largest absolute Gasteiger partial charge is 0.357 e. The highest BCUT2D eigenvalue weighted by Crippen LogP contribution is 2.10. The number of halogens is 2. The van der Waals surface area contributed by atoms with E-state index in [4.69, 9.17) is 0 Å². The normalized spacial score (nSPS) is 17.4. The Kier molecular flexibility index (Phi) is 8.08. The summed E-state index contributed by atoms with van der Waals surface area (Å²) >= 11 is 0. The van der Waals surface area contributed by atoms with Gasteiger partial charge < -0.3 is 20.4 Å². The van der Waals surface area contributed by atoms with Crippen LogP contribution in [0.1, 0.15) is 18.9 Å². The van der Waals surface area contributed by atoms with Crippen molar-refractivity contribution in [2.75, 3.05) is 52.9 Å². The molecule has 1 aromatic carbocycles. The van der Waals surface area contributed by atoms with Crippen LogP contribution in [-0.4, -0.2) is 68.6 Å². The number of rotatable bonds is 6. The van der Waals surface area contributed by atoms with Gasteiger partial charge in [0, 0.05) is 38.3 Å². The lowest BCUT2D eigenvalue weighted by Crippen LogP contribution is -2.42. The van der Waals surface area contributed by atoms with Gasteiger partial charge in [-0.05, 0) is 51.7 Å². The van der Waals surface area contributed by atoms with Gasteiger partial charge >= 0.3 is 0 Å². The molecule has 1 fully saturated rings. The highest BCUT2D eigenvalue weighted by Gasteiger charge is 2.11. The van der Waals surface area contributed by atoms with E-state index >= 15 is 0 Å². The lowest BCUT2D eigenvalue weighted by molar-refractivity contribution is 0.280. The van der Waals surface area contributed by atoms with Crippen LogP contribution in [0.25, 0.3) is 0 Å². The van der Waals surface area contributed by atoms with Gasteiger partial charge in [-0.1, -0.05) is 0 Å². The highest BCUT2D eigenvalue weighted by atomic mass is 19.1. The van der Waals surface area contributed by atoms with Gasteiger partial charge in [-0.15, -0.1) is 0 Å². The molecular formula is C18H29F2N5. The third-order valence-corrected chi connectivity index (χ3v) is 4.29. The van der Waals surface area contributed by atoms with Crippen LogP contribution in [0.4, 0.5) is 8.78 Å². The smallest absolute Gasteiger partial charge is 0.191 e. The van der Waals surface area contributed by atoms with E-state index in [0.29, 0.717) is 12.5 Å². The first-order chi connectivity index (χ1) is 12.1. The fourth-order valence-electron chi connectivity index (χ4n) is 2.83. The second-order valence-corrected chi connectivity index (χ2v) is 6.36. The zero-order valence-electron chi connectivity index (χ0n) is 15.2. The van der Waals surface area contributed by atoms with Crippen molar-refractivity contribution < 1.29 is 8.78 Å². The van der Waals surface area contributed by atoms with E-state index < -0.39 is 11.6 Å². The number of hydrogen-bond donors (Lipinski definition) is 2. The van der Waals surface area contributed by atoms with Crippen molar-refractivity contribution in [3.63, 3.8) is 0 Å². The van der Waals surface area contributed by atoms with Crippen molar-refractivity contribution in [1.82, 2.24) is 20.4 Å². The Hall–Kier alpha value is -1.73. The summed E-state index contributed by atoms with van der Waals surface area (Å²) in [5, 5.41) is 6.41. The van der Waals surface area contributed by atoms with Crippen molar-refractivity contribution in [3.05, 3.63) is 35.4 Å². The number of likely N-dealkylation sites (N-methyl/N-ethyl adjacent to an activating group) is 1. The minimum absolute atomic E-state index is 0.105. The van der Waals surface area contributed by atoms with E-state index in [2.05, 4.69) is 32.5 Å². The van der Waals surface area contributed by atoms with E-state index in [1.54, 1.807) is 0 Å². The van der Waals surface area contributed by atoms with Crippen LogP contribution >= 0.6 is 0 Å². The summed E-state index contributed by atoms with van der Waals surface area (Å²) in [6.07, 6.45) is 1.18. The molecular weight excluding hydrogens is 324 g/mol. The lowest BCUT2D eigenvalue weighted by Gasteiger charge is -2.21. The summed E-state index contributed by atoms with van der Waals surface area (Å²) in [5.74, 6) is -0.261. The molecule has 0 bridgehead atoms. The summed E-state index contributed by atoms with van der Waals surface area (Å²) < 4.78 is 26.9. The van der Waals surface area contributed by atoms with Crippen molar-refractivity contribution in [1.29, 1.82) is 0 Å². The molecule has 1 heterocycles. The maximum absolute atomic E-state index is 13.7. The molecule has 1 saturated heterocycles. The van der Waals surface area contributed by atoms with E-state index in [0.717, 1.165) is 51.4 Å². The Morgan fingerprint density at radius 1 is 1.16 bits per heavy atom. The average Bonchev–Trinajstić information content (AvgIpc) is 2.80. The predicted molar refractivity (Wildman–Crippen MR) is 97.7 cm³/mol. The van der Waals surface area contributed by atoms with Crippen LogP contribution in [0.3, 0.4) is 0 Å². The van der Waals surface area contributed by atoms with E-state index in [1.165, 1.54) is 12.5 Å². The average molecular weight is 353 g/mol. The van der Waals surface area contributed by atoms with Crippen molar-refractivity contribution >= 4 is 5.96 Å². The number of benzene rings is 1. The molecule has 2 N–H and O–H groups in total. The molecule has 2 rings (SSSR count). The molecule has 1 aliphatic heterocycles. The molecule has 0 aromatic heterocycles. The summed E-state index contributed by atoms with van der Waals surface area (Å²) in [5.41, 5.74) is 0.257. The molecule has 0 spiro atoms. The fraction of sp³-hybridized carbons (Fsp3) is 0.611. The maximum Gasteiger partial charge on any atom is 0.191 e. The summed E-state index contributed by atoms with van der Waals surface area (Å²) in [7, 11) is 2.16. The number of aliphatic imine (C=N–C) groups is 1. The molecule has 0 atom stereocenters. The lowest BCUT2D eigenvalue weighted by atomic mass is 10.2. The van der Waals surface area contributed by atoms with Crippen molar-refractivity contribution in [2.45, 2.75) is 19.9 Å². The first kappa shape index (κ1) is 19.6. The third-order valence-electron chi connectivity index (χ3n) is 4.29. The second-order valence-electron chi connectivity index (χ2n) is 6.36. The van der Waals surface area contributed by atoms with E-state index in [-0.39, 0.29) is 12.1 Å². The maximum atomic E-state index is 13.7. The monoisotopic (exact) mass is 353 g/mol.